The van der Waals surface area contributed by atoms with Gasteiger partial charge in [-0.1, -0.05) is 23.2 Å². The number of amides is 3. The van der Waals surface area contributed by atoms with Crippen LogP contribution in [-0.2, 0) is 14.3 Å². The van der Waals surface area contributed by atoms with Crippen molar-refractivity contribution in [3.63, 3.8) is 0 Å². The molecule has 3 aromatic rings. The Morgan fingerprint density at radius 2 is 1.55 bits per heavy atom. The number of ether oxygens (including phenoxy) is 2. The summed E-state index contributed by atoms with van der Waals surface area (Å²) in [5.74, 6) is -1.85. The maximum atomic E-state index is 13.0. The van der Waals surface area contributed by atoms with Crippen LogP contribution in [0.3, 0.4) is 0 Å². The molecule has 0 aliphatic carbocycles. The van der Waals surface area contributed by atoms with Crippen LogP contribution in [0.2, 0.25) is 5.02 Å². The fourth-order valence-corrected chi connectivity index (χ4v) is 4.01. The molecule has 194 valence electrons. The van der Waals surface area contributed by atoms with E-state index in [0.717, 1.165) is 4.90 Å². The Morgan fingerprint density at radius 1 is 0.895 bits per heavy atom. The molecule has 11 heteroatoms. The van der Waals surface area contributed by atoms with Crippen molar-refractivity contribution in [1.82, 2.24) is 0 Å². The molecule has 1 aliphatic heterocycles. The molecule has 0 saturated carbocycles. The van der Waals surface area contributed by atoms with Crippen LogP contribution >= 0.6 is 23.2 Å². The summed E-state index contributed by atoms with van der Waals surface area (Å²) < 4.78 is 10.2. The molecular formula is C27H21Cl2N3O6. The predicted molar refractivity (Wildman–Crippen MR) is 144 cm³/mol. The SMILES string of the molecule is CCOC(=O)c1ccc(N2C(=O)C(Cl)=C(Nc3ccc(C(=O)Nc4cc(Cl)ccc4OC)cc3)C2=O)cc1. The van der Waals surface area contributed by atoms with Gasteiger partial charge in [0.05, 0.1) is 30.7 Å². The molecule has 1 aliphatic rings. The highest BCUT2D eigenvalue weighted by atomic mass is 35.5. The molecule has 9 nitrogen and oxygen atoms in total. The van der Waals surface area contributed by atoms with Crippen LogP contribution in [-0.4, -0.2) is 37.4 Å². The third-order valence-corrected chi connectivity index (χ3v) is 6.08. The molecule has 0 saturated heterocycles. The highest BCUT2D eigenvalue weighted by molar-refractivity contribution is 6.53. The van der Waals surface area contributed by atoms with E-state index >= 15 is 0 Å². The second-order valence-corrected chi connectivity index (χ2v) is 8.72. The number of esters is 1. The summed E-state index contributed by atoms with van der Waals surface area (Å²) in [5.41, 5.74) is 1.57. The zero-order chi connectivity index (χ0) is 27.4. The highest BCUT2D eigenvalue weighted by Gasteiger charge is 2.39. The van der Waals surface area contributed by atoms with E-state index in [1.165, 1.54) is 43.5 Å². The molecule has 0 radical (unpaired) electrons. The van der Waals surface area contributed by atoms with Crippen molar-refractivity contribution in [2.45, 2.75) is 6.92 Å². The smallest absolute Gasteiger partial charge is 0.338 e. The predicted octanol–water partition coefficient (Wildman–Crippen LogP) is 5.21. The number of imide groups is 1. The van der Waals surface area contributed by atoms with Crippen LogP contribution in [0.4, 0.5) is 17.1 Å². The Bertz CT molecular complexity index is 1450. The highest BCUT2D eigenvalue weighted by Crippen LogP contribution is 2.31. The van der Waals surface area contributed by atoms with E-state index < -0.39 is 23.7 Å². The number of nitrogens with one attached hydrogen (secondary N) is 2. The monoisotopic (exact) mass is 553 g/mol. The first-order valence-corrected chi connectivity index (χ1v) is 12.1. The Morgan fingerprint density at radius 3 is 2.18 bits per heavy atom. The van der Waals surface area contributed by atoms with Gasteiger partial charge in [-0.05, 0) is 73.7 Å². The van der Waals surface area contributed by atoms with Gasteiger partial charge >= 0.3 is 5.97 Å². The van der Waals surface area contributed by atoms with Crippen LogP contribution in [0.25, 0.3) is 0 Å². The van der Waals surface area contributed by atoms with Gasteiger partial charge < -0.3 is 20.1 Å². The van der Waals surface area contributed by atoms with Crippen LogP contribution in [0, 0.1) is 0 Å². The molecule has 4 rings (SSSR count). The molecule has 2 N–H and O–H groups in total. The molecule has 0 aromatic heterocycles. The zero-order valence-corrected chi connectivity index (χ0v) is 21.7. The fraction of sp³-hybridized carbons (Fsp3) is 0.111. The number of carbonyl (C=O) groups is 4. The van der Waals surface area contributed by atoms with Crippen molar-refractivity contribution in [3.8, 4) is 5.75 Å². The van der Waals surface area contributed by atoms with Crippen LogP contribution in [0.15, 0.2) is 77.5 Å². The van der Waals surface area contributed by atoms with Gasteiger partial charge in [0.1, 0.15) is 16.5 Å². The summed E-state index contributed by atoms with van der Waals surface area (Å²) in [5, 5.41) is 5.73. The molecule has 38 heavy (non-hydrogen) atoms. The number of hydrogen-bond acceptors (Lipinski definition) is 7. The van der Waals surface area contributed by atoms with Crippen molar-refractivity contribution in [2.75, 3.05) is 29.3 Å². The van der Waals surface area contributed by atoms with E-state index in [2.05, 4.69) is 10.6 Å². The molecule has 0 fully saturated rings. The van der Waals surface area contributed by atoms with Crippen LogP contribution < -0.4 is 20.3 Å². The summed E-state index contributed by atoms with van der Waals surface area (Å²) in [6.45, 7) is 1.91. The first-order chi connectivity index (χ1) is 18.2. The quantitative estimate of drug-likeness (QED) is 0.290. The number of anilines is 3. The molecule has 0 spiro atoms. The summed E-state index contributed by atoms with van der Waals surface area (Å²) in [7, 11) is 1.48. The average molecular weight is 554 g/mol. The normalized spacial score (nSPS) is 13.0. The van der Waals surface area contributed by atoms with Crippen molar-refractivity contribution in [3.05, 3.63) is 93.6 Å². The molecule has 3 amide bonds. The van der Waals surface area contributed by atoms with Crippen LogP contribution in [0.5, 0.6) is 5.75 Å². The number of halogens is 2. The van der Waals surface area contributed by atoms with Crippen molar-refractivity contribution >= 4 is 64.0 Å². The maximum Gasteiger partial charge on any atom is 0.338 e. The van der Waals surface area contributed by atoms with Crippen molar-refractivity contribution < 1.29 is 28.7 Å². The van der Waals surface area contributed by atoms with Crippen molar-refractivity contribution in [1.29, 1.82) is 0 Å². The second kappa shape index (κ2) is 11.4. The minimum absolute atomic E-state index is 0.119. The van der Waals surface area contributed by atoms with Gasteiger partial charge in [-0.25, -0.2) is 9.69 Å². The first kappa shape index (κ1) is 26.7. The maximum absolute atomic E-state index is 13.0. The lowest BCUT2D eigenvalue weighted by Gasteiger charge is -2.15. The summed E-state index contributed by atoms with van der Waals surface area (Å²) in [6, 6.07) is 16.9. The molecule has 1 heterocycles. The topological polar surface area (TPSA) is 114 Å². The third kappa shape index (κ3) is 5.49. The fourth-order valence-electron chi connectivity index (χ4n) is 3.63. The van der Waals surface area contributed by atoms with Gasteiger partial charge in [-0.15, -0.1) is 0 Å². The molecule has 0 bridgehead atoms. The number of methoxy groups -OCH3 is 1. The minimum atomic E-state index is -0.713. The number of hydrogen-bond donors (Lipinski definition) is 2. The third-order valence-electron chi connectivity index (χ3n) is 5.49. The molecular weight excluding hydrogens is 533 g/mol. The van der Waals surface area contributed by atoms with E-state index in [9.17, 15) is 19.2 Å². The van der Waals surface area contributed by atoms with Gasteiger partial charge in [0.25, 0.3) is 17.7 Å². The Balaban J connectivity index is 1.46. The van der Waals surface area contributed by atoms with Gasteiger partial charge in [0.2, 0.25) is 0 Å². The number of benzene rings is 3. The van der Waals surface area contributed by atoms with E-state index in [1.54, 1.807) is 37.3 Å². The number of rotatable bonds is 8. The summed E-state index contributed by atoms with van der Waals surface area (Å²) in [6.07, 6.45) is 0. The Labute approximate surface area is 227 Å². The van der Waals surface area contributed by atoms with E-state index in [1.807, 2.05) is 0 Å². The van der Waals surface area contributed by atoms with Gasteiger partial charge in [-0.3, -0.25) is 14.4 Å². The zero-order valence-electron chi connectivity index (χ0n) is 20.2. The van der Waals surface area contributed by atoms with Crippen molar-refractivity contribution in [2.24, 2.45) is 0 Å². The Kier molecular flexibility index (Phi) is 7.99. The number of carbonyl (C=O) groups excluding carboxylic acids is 4. The minimum Gasteiger partial charge on any atom is -0.495 e. The van der Waals surface area contributed by atoms with Gasteiger partial charge in [0, 0.05) is 16.3 Å². The van der Waals surface area contributed by atoms with Gasteiger partial charge in [0.15, 0.2) is 0 Å². The lowest BCUT2D eigenvalue weighted by Crippen LogP contribution is -2.32. The molecule has 0 unspecified atom stereocenters. The largest absolute Gasteiger partial charge is 0.495 e. The summed E-state index contributed by atoms with van der Waals surface area (Å²) >= 11 is 12.2. The number of nitrogens with zero attached hydrogens (tertiary/aromatic N) is 1. The second-order valence-electron chi connectivity index (χ2n) is 7.90. The Hall–Kier alpha value is -4.34. The molecule has 3 aromatic carbocycles. The van der Waals surface area contributed by atoms with Gasteiger partial charge in [-0.2, -0.15) is 0 Å². The van der Waals surface area contributed by atoms with E-state index in [0.29, 0.717) is 27.7 Å². The lowest BCUT2D eigenvalue weighted by molar-refractivity contribution is -0.120. The van der Waals surface area contributed by atoms with E-state index in [-0.39, 0.29) is 28.6 Å². The molecule has 0 atom stereocenters. The summed E-state index contributed by atoms with van der Waals surface area (Å²) in [4.78, 5) is 51.3. The first-order valence-electron chi connectivity index (χ1n) is 11.3. The van der Waals surface area contributed by atoms with E-state index in [4.69, 9.17) is 32.7 Å². The standard InChI is InChI=1S/C27H21Cl2N3O6/c1-3-38-27(36)16-6-11-19(12-7-16)32-25(34)22(29)23(26(32)35)30-18-9-4-15(5-10-18)24(33)31-20-14-17(28)8-13-21(20)37-2/h4-14,30H,3H2,1-2H3,(H,31,33). The van der Waals surface area contributed by atoms with Crippen LogP contribution in [0.1, 0.15) is 27.6 Å². The lowest BCUT2D eigenvalue weighted by atomic mass is 10.1. The average Bonchev–Trinajstić information content (AvgIpc) is 3.12.